The first kappa shape index (κ1) is 8.33. The van der Waals surface area contributed by atoms with Crippen molar-refractivity contribution in [3.05, 3.63) is 30.3 Å². The monoisotopic (exact) mass is 165 g/mol. The third kappa shape index (κ3) is 3.23. The smallest absolute Gasteiger partial charge is 0.242 e. The lowest BCUT2D eigenvalue weighted by Gasteiger charge is -2.18. The molecule has 0 atom stereocenters. The van der Waals surface area contributed by atoms with Crippen molar-refractivity contribution in [2.75, 3.05) is 0 Å². The van der Waals surface area contributed by atoms with Crippen LogP contribution < -0.4 is 4.43 Å². The topological polar surface area (TPSA) is 9.23 Å². The SMILES string of the molecule is C[Si](C)(C)Oc1cc[c]cc1. The van der Waals surface area contributed by atoms with Gasteiger partial charge in [0.2, 0.25) is 8.32 Å². The largest absolute Gasteiger partial charge is 0.544 e. The highest BCUT2D eigenvalue weighted by atomic mass is 28.4. The first-order valence-corrected chi connectivity index (χ1v) is 7.14. The summed E-state index contributed by atoms with van der Waals surface area (Å²) in [6, 6.07) is 10.6. The van der Waals surface area contributed by atoms with Crippen LogP contribution in [0.2, 0.25) is 19.6 Å². The molecule has 0 saturated heterocycles. The molecule has 1 nitrogen and oxygen atoms in total. The summed E-state index contributed by atoms with van der Waals surface area (Å²) < 4.78 is 5.72. The Balaban J connectivity index is 2.66. The Morgan fingerprint density at radius 3 is 2.18 bits per heavy atom. The van der Waals surface area contributed by atoms with Crippen molar-refractivity contribution >= 4 is 8.32 Å². The van der Waals surface area contributed by atoms with Crippen LogP contribution in [0.25, 0.3) is 0 Å². The summed E-state index contributed by atoms with van der Waals surface area (Å²) >= 11 is 0. The highest BCUT2D eigenvalue weighted by Crippen LogP contribution is 2.13. The zero-order chi connectivity index (χ0) is 8.32. The molecule has 0 saturated carbocycles. The van der Waals surface area contributed by atoms with Crippen molar-refractivity contribution < 1.29 is 4.43 Å². The molecule has 0 aliphatic rings. The third-order valence-corrected chi connectivity index (χ3v) is 1.96. The second-order valence-corrected chi connectivity index (χ2v) is 7.88. The van der Waals surface area contributed by atoms with E-state index in [0.29, 0.717) is 0 Å². The molecule has 0 aliphatic heterocycles. The van der Waals surface area contributed by atoms with Crippen LogP contribution in [0.3, 0.4) is 0 Å². The van der Waals surface area contributed by atoms with Gasteiger partial charge in [-0.05, 0) is 37.8 Å². The molecule has 0 heterocycles. The molecule has 11 heavy (non-hydrogen) atoms. The molecule has 0 fully saturated rings. The van der Waals surface area contributed by atoms with E-state index in [1.807, 2.05) is 24.3 Å². The van der Waals surface area contributed by atoms with Gasteiger partial charge in [-0.25, -0.2) is 0 Å². The summed E-state index contributed by atoms with van der Waals surface area (Å²) in [6.45, 7) is 6.51. The van der Waals surface area contributed by atoms with E-state index in [-0.39, 0.29) is 0 Å². The van der Waals surface area contributed by atoms with Gasteiger partial charge in [-0.3, -0.25) is 0 Å². The molecule has 0 N–H and O–H groups in total. The Kier molecular flexibility index (Phi) is 2.34. The third-order valence-electron chi connectivity index (χ3n) is 1.11. The minimum atomic E-state index is -1.41. The van der Waals surface area contributed by atoms with Crippen molar-refractivity contribution in [1.82, 2.24) is 0 Å². The molecular weight excluding hydrogens is 152 g/mol. The summed E-state index contributed by atoms with van der Waals surface area (Å²) in [7, 11) is -1.41. The van der Waals surface area contributed by atoms with Gasteiger partial charge in [-0.2, -0.15) is 0 Å². The van der Waals surface area contributed by atoms with Gasteiger partial charge in [0.15, 0.2) is 0 Å². The molecule has 59 valence electrons. The van der Waals surface area contributed by atoms with Gasteiger partial charge < -0.3 is 4.43 Å². The van der Waals surface area contributed by atoms with Gasteiger partial charge in [-0.1, -0.05) is 12.1 Å². The van der Waals surface area contributed by atoms with Crippen molar-refractivity contribution in [2.24, 2.45) is 0 Å². The van der Waals surface area contributed by atoms with Crippen molar-refractivity contribution in [2.45, 2.75) is 19.6 Å². The van der Waals surface area contributed by atoms with Crippen LogP contribution in [0.1, 0.15) is 0 Å². The van der Waals surface area contributed by atoms with Gasteiger partial charge in [0.25, 0.3) is 0 Å². The van der Waals surface area contributed by atoms with Crippen LogP contribution in [-0.4, -0.2) is 8.32 Å². The van der Waals surface area contributed by atoms with Crippen molar-refractivity contribution in [1.29, 1.82) is 0 Å². The van der Waals surface area contributed by atoms with Crippen molar-refractivity contribution in [3.63, 3.8) is 0 Å². The number of hydrogen-bond donors (Lipinski definition) is 0. The maximum atomic E-state index is 5.72. The van der Waals surface area contributed by atoms with E-state index in [9.17, 15) is 0 Å². The highest BCUT2D eigenvalue weighted by molar-refractivity contribution is 6.70. The molecule has 1 aromatic rings. The van der Waals surface area contributed by atoms with E-state index in [2.05, 4.69) is 25.7 Å². The molecule has 1 radical (unpaired) electrons. The molecule has 0 amide bonds. The fourth-order valence-corrected chi connectivity index (χ4v) is 1.64. The van der Waals surface area contributed by atoms with E-state index in [0.717, 1.165) is 5.75 Å². The van der Waals surface area contributed by atoms with E-state index in [4.69, 9.17) is 4.43 Å². The van der Waals surface area contributed by atoms with Gasteiger partial charge in [0.1, 0.15) is 5.75 Å². The normalized spacial score (nSPS) is 11.2. The second-order valence-electron chi connectivity index (χ2n) is 3.45. The average molecular weight is 165 g/mol. The van der Waals surface area contributed by atoms with E-state index < -0.39 is 8.32 Å². The summed E-state index contributed by atoms with van der Waals surface area (Å²) in [5.41, 5.74) is 0. The van der Waals surface area contributed by atoms with Crippen LogP contribution in [0.15, 0.2) is 24.3 Å². The summed E-state index contributed by atoms with van der Waals surface area (Å²) in [6.07, 6.45) is 0. The predicted octanol–water partition coefficient (Wildman–Crippen LogP) is 2.70. The zero-order valence-electron chi connectivity index (χ0n) is 7.22. The lowest BCUT2D eigenvalue weighted by Crippen LogP contribution is -2.29. The molecule has 1 aromatic carbocycles. The first-order valence-electron chi connectivity index (χ1n) is 3.73. The lowest BCUT2D eigenvalue weighted by atomic mass is 10.3. The Morgan fingerprint density at radius 1 is 1.18 bits per heavy atom. The highest BCUT2D eigenvalue weighted by Gasteiger charge is 2.15. The standard InChI is InChI=1S/C9H13OSi/c1-11(2,3)10-9-7-5-4-6-8-9/h5-8H,1-3H3. The fourth-order valence-electron chi connectivity index (χ4n) is 0.793. The maximum absolute atomic E-state index is 5.72. The summed E-state index contributed by atoms with van der Waals surface area (Å²) in [5.74, 6) is 0.961. The number of hydrogen-bond acceptors (Lipinski definition) is 1. The molecule has 0 unspecified atom stereocenters. The summed E-state index contributed by atoms with van der Waals surface area (Å²) in [4.78, 5) is 0. The Bertz CT molecular complexity index is 213. The van der Waals surface area contributed by atoms with Crippen LogP contribution in [0, 0.1) is 6.07 Å². The van der Waals surface area contributed by atoms with E-state index in [1.54, 1.807) is 0 Å². The Labute approximate surface area is 69.1 Å². The zero-order valence-corrected chi connectivity index (χ0v) is 8.22. The second kappa shape index (κ2) is 3.09. The molecular formula is C9H13OSi. The minimum Gasteiger partial charge on any atom is -0.544 e. The quantitative estimate of drug-likeness (QED) is 0.612. The van der Waals surface area contributed by atoms with Gasteiger partial charge >= 0.3 is 0 Å². The molecule has 1 rings (SSSR count). The number of rotatable bonds is 2. The fraction of sp³-hybridized carbons (Fsp3) is 0.333. The van der Waals surface area contributed by atoms with Gasteiger partial charge in [0, 0.05) is 0 Å². The van der Waals surface area contributed by atoms with Crippen LogP contribution >= 0.6 is 0 Å². The van der Waals surface area contributed by atoms with E-state index in [1.165, 1.54) is 0 Å². The summed E-state index contributed by atoms with van der Waals surface area (Å²) in [5, 5.41) is 0. The van der Waals surface area contributed by atoms with Crippen LogP contribution in [-0.2, 0) is 0 Å². The lowest BCUT2D eigenvalue weighted by molar-refractivity contribution is 0.558. The van der Waals surface area contributed by atoms with Crippen LogP contribution in [0.4, 0.5) is 0 Å². The molecule has 0 spiro atoms. The Hall–Kier alpha value is -0.763. The van der Waals surface area contributed by atoms with Crippen molar-refractivity contribution in [3.8, 4) is 5.75 Å². The van der Waals surface area contributed by atoms with Crippen LogP contribution in [0.5, 0.6) is 5.75 Å². The molecule has 0 bridgehead atoms. The van der Waals surface area contributed by atoms with E-state index >= 15 is 0 Å². The van der Waals surface area contributed by atoms with Gasteiger partial charge in [0.05, 0.1) is 0 Å². The number of benzene rings is 1. The molecule has 0 aliphatic carbocycles. The minimum absolute atomic E-state index is 0.961. The van der Waals surface area contributed by atoms with Gasteiger partial charge in [-0.15, -0.1) is 0 Å². The average Bonchev–Trinajstić information content (AvgIpc) is 1.85. The molecule has 2 heteroatoms. The predicted molar refractivity (Wildman–Crippen MR) is 49.3 cm³/mol. The molecule has 0 aromatic heterocycles. The maximum Gasteiger partial charge on any atom is 0.242 e. The first-order chi connectivity index (χ1) is 5.08. The Morgan fingerprint density at radius 2 is 1.73 bits per heavy atom.